The number of carbonyl (C=O) groups is 3. The Bertz CT molecular complexity index is 1240. The van der Waals surface area contributed by atoms with Gasteiger partial charge in [0.1, 0.15) is 5.75 Å². The van der Waals surface area contributed by atoms with E-state index in [1.165, 1.54) is 6.92 Å². The van der Waals surface area contributed by atoms with Crippen molar-refractivity contribution in [2.24, 2.45) is 5.73 Å². The van der Waals surface area contributed by atoms with Crippen LogP contribution in [0.4, 0.5) is 11.4 Å². The van der Waals surface area contributed by atoms with Crippen molar-refractivity contribution >= 4 is 29.1 Å². The van der Waals surface area contributed by atoms with Crippen molar-refractivity contribution in [2.75, 3.05) is 16.9 Å². The summed E-state index contributed by atoms with van der Waals surface area (Å²) < 4.78 is 5.21. The van der Waals surface area contributed by atoms with E-state index < -0.39 is 5.91 Å². The highest BCUT2D eigenvalue weighted by molar-refractivity contribution is 6.08. The molecule has 0 aromatic heterocycles. The summed E-state index contributed by atoms with van der Waals surface area (Å²) in [6, 6.07) is 20.8. The zero-order valence-electron chi connectivity index (χ0n) is 19.4. The monoisotopic (exact) mass is 457 g/mol. The van der Waals surface area contributed by atoms with Gasteiger partial charge >= 0.3 is 0 Å². The lowest BCUT2D eigenvalue weighted by Crippen LogP contribution is -2.47. The van der Waals surface area contributed by atoms with Gasteiger partial charge in [0.25, 0.3) is 11.8 Å². The third-order valence-electron chi connectivity index (χ3n) is 6.20. The van der Waals surface area contributed by atoms with Crippen molar-refractivity contribution in [3.05, 3.63) is 89.5 Å². The molecule has 34 heavy (non-hydrogen) atoms. The Balaban J connectivity index is 1.79. The number of hydrogen-bond acceptors (Lipinski definition) is 4. The summed E-state index contributed by atoms with van der Waals surface area (Å²) >= 11 is 0. The Kier molecular flexibility index (Phi) is 6.36. The van der Waals surface area contributed by atoms with Crippen LogP contribution in [0.3, 0.4) is 0 Å². The molecule has 0 saturated carbocycles. The van der Waals surface area contributed by atoms with Gasteiger partial charge in [0.05, 0.1) is 24.4 Å². The van der Waals surface area contributed by atoms with Crippen LogP contribution in [0.15, 0.2) is 72.8 Å². The van der Waals surface area contributed by atoms with Gasteiger partial charge < -0.3 is 20.3 Å². The highest BCUT2D eigenvalue weighted by Crippen LogP contribution is 2.43. The topological polar surface area (TPSA) is 92.9 Å². The van der Waals surface area contributed by atoms with E-state index in [4.69, 9.17) is 10.5 Å². The molecular weight excluding hydrogens is 430 g/mol. The molecule has 7 nitrogen and oxygen atoms in total. The zero-order valence-corrected chi connectivity index (χ0v) is 19.4. The Morgan fingerprint density at radius 3 is 2.26 bits per heavy atom. The van der Waals surface area contributed by atoms with Crippen LogP contribution in [0, 0.1) is 0 Å². The van der Waals surface area contributed by atoms with E-state index in [1.54, 1.807) is 65.4 Å². The lowest BCUT2D eigenvalue weighted by atomic mass is 9.89. The molecule has 0 aliphatic carbocycles. The van der Waals surface area contributed by atoms with Gasteiger partial charge in [-0.3, -0.25) is 14.4 Å². The molecule has 1 aliphatic rings. The fraction of sp³-hybridized carbons (Fsp3) is 0.222. The van der Waals surface area contributed by atoms with Crippen LogP contribution in [0.5, 0.6) is 5.75 Å². The van der Waals surface area contributed by atoms with Gasteiger partial charge in [-0.2, -0.15) is 0 Å². The van der Waals surface area contributed by atoms with E-state index in [1.807, 2.05) is 31.2 Å². The van der Waals surface area contributed by atoms with Crippen molar-refractivity contribution in [3.63, 3.8) is 0 Å². The smallest absolute Gasteiger partial charge is 0.258 e. The minimum atomic E-state index is -0.602. The lowest BCUT2D eigenvalue weighted by Gasteiger charge is -2.43. The largest absolute Gasteiger partial charge is 0.497 e. The van der Waals surface area contributed by atoms with Crippen LogP contribution < -0.4 is 20.3 Å². The normalized spacial score (nSPS) is 17.0. The predicted molar refractivity (Wildman–Crippen MR) is 131 cm³/mol. The number of fused-ring (bicyclic) bond motifs is 1. The first-order chi connectivity index (χ1) is 16.3. The third kappa shape index (κ3) is 4.12. The number of para-hydroxylation sites is 2. The maximum atomic E-state index is 13.5. The van der Waals surface area contributed by atoms with E-state index in [0.717, 1.165) is 11.3 Å². The molecule has 0 spiro atoms. The molecule has 174 valence electrons. The lowest BCUT2D eigenvalue weighted by molar-refractivity contribution is -0.117. The molecule has 3 aromatic carbocycles. The summed E-state index contributed by atoms with van der Waals surface area (Å²) in [6.45, 7) is 3.43. The SMILES string of the molecule is COc1ccc(C(=O)N2c3ccccc3C(N(C(C)=O)c3ccccc3C(N)=O)CC2C)cc1. The minimum absolute atomic E-state index is 0.132. The number of benzene rings is 3. The molecule has 0 radical (unpaired) electrons. The Morgan fingerprint density at radius 2 is 1.62 bits per heavy atom. The maximum absolute atomic E-state index is 13.5. The zero-order chi connectivity index (χ0) is 24.4. The number of carbonyl (C=O) groups excluding carboxylic acids is 3. The quantitative estimate of drug-likeness (QED) is 0.617. The molecule has 0 bridgehead atoms. The van der Waals surface area contributed by atoms with Crippen molar-refractivity contribution < 1.29 is 19.1 Å². The van der Waals surface area contributed by atoms with E-state index in [9.17, 15) is 14.4 Å². The summed E-state index contributed by atoms with van der Waals surface area (Å²) in [7, 11) is 1.58. The Labute approximate surface area is 198 Å². The highest BCUT2D eigenvalue weighted by Gasteiger charge is 2.38. The number of anilines is 2. The second-order valence-electron chi connectivity index (χ2n) is 8.33. The molecule has 2 unspecified atom stereocenters. The average molecular weight is 458 g/mol. The Hall–Kier alpha value is -4.13. The van der Waals surface area contributed by atoms with Crippen LogP contribution in [-0.4, -0.2) is 30.9 Å². The Morgan fingerprint density at radius 1 is 0.971 bits per heavy atom. The van der Waals surface area contributed by atoms with Crippen molar-refractivity contribution in [1.29, 1.82) is 0 Å². The van der Waals surface area contributed by atoms with Crippen LogP contribution in [0.1, 0.15) is 52.6 Å². The molecule has 0 fully saturated rings. The summed E-state index contributed by atoms with van der Waals surface area (Å²) in [5.74, 6) is -0.271. The summed E-state index contributed by atoms with van der Waals surface area (Å²) in [5.41, 5.74) is 8.46. The minimum Gasteiger partial charge on any atom is -0.497 e. The second-order valence-corrected chi connectivity index (χ2v) is 8.33. The predicted octanol–water partition coefficient (Wildman–Crippen LogP) is 4.33. The summed E-state index contributed by atoms with van der Waals surface area (Å²) in [6.07, 6.45) is 0.492. The van der Waals surface area contributed by atoms with Gasteiger partial charge in [-0.1, -0.05) is 30.3 Å². The number of methoxy groups -OCH3 is 1. The van der Waals surface area contributed by atoms with Gasteiger partial charge in [0.2, 0.25) is 5.91 Å². The van der Waals surface area contributed by atoms with Crippen LogP contribution in [0.2, 0.25) is 0 Å². The first kappa shape index (κ1) is 23.0. The number of primary amides is 1. The molecule has 4 rings (SSSR count). The molecular formula is C27H27N3O4. The van der Waals surface area contributed by atoms with E-state index in [-0.39, 0.29) is 29.5 Å². The molecule has 0 saturated heterocycles. The summed E-state index contributed by atoms with van der Waals surface area (Å²) in [4.78, 5) is 41.9. The number of nitrogens with zero attached hydrogens (tertiary/aromatic N) is 2. The fourth-order valence-corrected chi connectivity index (χ4v) is 4.66. The number of nitrogens with two attached hydrogens (primary N) is 1. The summed E-state index contributed by atoms with van der Waals surface area (Å²) in [5, 5.41) is 0. The highest BCUT2D eigenvalue weighted by atomic mass is 16.5. The number of amides is 3. The van der Waals surface area contributed by atoms with Gasteiger partial charge in [-0.05, 0) is 61.4 Å². The average Bonchev–Trinajstić information content (AvgIpc) is 2.84. The molecule has 7 heteroatoms. The van der Waals surface area contributed by atoms with Gasteiger partial charge in [0.15, 0.2) is 0 Å². The van der Waals surface area contributed by atoms with Gasteiger partial charge in [-0.25, -0.2) is 0 Å². The van der Waals surface area contributed by atoms with Gasteiger partial charge in [0, 0.05) is 24.2 Å². The van der Waals surface area contributed by atoms with Crippen molar-refractivity contribution in [3.8, 4) is 5.75 Å². The second kappa shape index (κ2) is 9.39. The van der Waals surface area contributed by atoms with Crippen LogP contribution >= 0.6 is 0 Å². The molecule has 1 aliphatic heterocycles. The fourth-order valence-electron chi connectivity index (χ4n) is 4.66. The van der Waals surface area contributed by atoms with Crippen LogP contribution in [-0.2, 0) is 4.79 Å². The third-order valence-corrected chi connectivity index (χ3v) is 6.20. The molecule has 3 aromatic rings. The molecule has 1 heterocycles. The van der Waals surface area contributed by atoms with E-state index >= 15 is 0 Å². The number of hydrogen-bond donors (Lipinski definition) is 1. The standard InChI is InChI=1S/C27H27N3O4/c1-17-16-25(30(18(2)31)24-11-7-5-9-22(24)26(28)32)21-8-4-6-10-23(21)29(17)27(33)19-12-14-20(34-3)15-13-19/h4-15,17,25H,16H2,1-3H3,(H2,28,32). The molecule has 2 N–H and O–H groups in total. The first-order valence-electron chi connectivity index (χ1n) is 11.1. The van der Waals surface area contributed by atoms with Crippen molar-refractivity contribution in [1.82, 2.24) is 0 Å². The number of ether oxygens (including phenoxy) is 1. The van der Waals surface area contributed by atoms with Crippen molar-refractivity contribution in [2.45, 2.75) is 32.4 Å². The first-order valence-corrected chi connectivity index (χ1v) is 11.1. The van der Waals surface area contributed by atoms with Crippen LogP contribution in [0.25, 0.3) is 0 Å². The molecule has 3 amide bonds. The van der Waals surface area contributed by atoms with E-state index in [2.05, 4.69) is 0 Å². The van der Waals surface area contributed by atoms with E-state index in [0.29, 0.717) is 23.4 Å². The maximum Gasteiger partial charge on any atom is 0.258 e. The van der Waals surface area contributed by atoms with Gasteiger partial charge in [-0.15, -0.1) is 0 Å². The molecule has 2 atom stereocenters. The number of rotatable bonds is 5.